The third-order valence-corrected chi connectivity index (χ3v) is 3.86. The number of oxime groups is 1. The summed E-state index contributed by atoms with van der Waals surface area (Å²) in [4.78, 5) is 6.92. The standard InChI is InChI=1S/C15H24N4O/c1-9-5-10(2)8-19(7-9)15-13(14(16)18-20)11(3)6-12(4)17-15/h6,9-10,20H,5,7-8H2,1-4H3,(H2,16,18). The summed E-state index contributed by atoms with van der Waals surface area (Å²) in [5.41, 5.74) is 8.56. The maximum absolute atomic E-state index is 9.03. The van der Waals surface area contributed by atoms with Crippen molar-refractivity contribution in [1.29, 1.82) is 0 Å². The summed E-state index contributed by atoms with van der Waals surface area (Å²) in [5.74, 6) is 2.23. The van der Waals surface area contributed by atoms with Crippen molar-refractivity contribution in [1.82, 2.24) is 4.98 Å². The molecule has 0 bridgehead atoms. The van der Waals surface area contributed by atoms with E-state index >= 15 is 0 Å². The van der Waals surface area contributed by atoms with Crippen molar-refractivity contribution in [2.45, 2.75) is 34.1 Å². The number of hydrogen-bond donors (Lipinski definition) is 2. The molecule has 2 atom stereocenters. The third-order valence-electron chi connectivity index (χ3n) is 3.86. The normalized spacial score (nSPS) is 24.0. The van der Waals surface area contributed by atoms with E-state index in [1.165, 1.54) is 6.42 Å². The molecule has 1 aliphatic rings. The maximum Gasteiger partial charge on any atom is 0.174 e. The molecule has 20 heavy (non-hydrogen) atoms. The van der Waals surface area contributed by atoms with E-state index in [1.54, 1.807) is 0 Å². The molecule has 1 fully saturated rings. The molecule has 0 spiro atoms. The van der Waals surface area contributed by atoms with Crippen molar-refractivity contribution in [2.24, 2.45) is 22.7 Å². The number of aromatic nitrogens is 1. The summed E-state index contributed by atoms with van der Waals surface area (Å²) in [6.45, 7) is 10.4. The van der Waals surface area contributed by atoms with E-state index in [-0.39, 0.29) is 5.84 Å². The Morgan fingerprint density at radius 1 is 1.35 bits per heavy atom. The molecule has 1 aromatic heterocycles. The van der Waals surface area contributed by atoms with E-state index in [2.05, 4.69) is 28.9 Å². The van der Waals surface area contributed by atoms with Crippen LogP contribution in [-0.2, 0) is 0 Å². The van der Waals surface area contributed by atoms with Crippen LogP contribution < -0.4 is 10.6 Å². The van der Waals surface area contributed by atoms with Gasteiger partial charge in [-0.1, -0.05) is 19.0 Å². The molecular weight excluding hydrogens is 252 g/mol. The van der Waals surface area contributed by atoms with Crippen molar-refractivity contribution in [3.05, 3.63) is 22.9 Å². The number of anilines is 1. The average molecular weight is 276 g/mol. The molecule has 3 N–H and O–H groups in total. The Kier molecular flexibility index (Phi) is 4.16. The fourth-order valence-electron chi connectivity index (χ4n) is 3.25. The number of hydrogen-bond acceptors (Lipinski definition) is 4. The fourth-order valence-corrected chi connectivity index (χ4v) is 3.25. The Labute approximate surface area is 120 Å². The molecule has 0 amide bonds. The van der Waals surface area contributed by atoms with Gasteiger partial charge < -0.3 is 15.8 Å². The van der Waals surface area contributed by atoms with Gasteiger partial charge in [0.15, 0.2) is 5.84 Å². The summed E-state index contributed by atoms with van der Waals surface area (Å²) >= 11 is 0. The lowest BCUT2D eigenvalue weighted by Gasteiger charge is -2.37. The number of rotatable bonds is 2. The first-order chi connectivity index (χ1) is 9.42. The lowest BCUT2D eigenvalue weighted by atomic mass is 9.91. The van der Waals surface area contributed by atoms with E-state index in [4.69, 9.17) is 10.9 Å². The SMILES string of the molecule is Cc1cc(C)c(C(N)=NO)c(N2CC(C)CC(C)C2)n1. The molecule has 5 nitrogen and oxygen atoms in total. The van der Waals surface area contributed by atoms with E-state index in [0.717, 1.165) is 35.7 Å². The number of nitrogens with two attached hydrogens (primary N) is 1. The van der Waals surface area contributed by atoms with Gasteiger partial charge in [0.05, 0.1) is 5.56 Å². The average Bonchev–Trinajstić information content (AvgIpc) is 2.35. The molecule has 0 radical (unpaired) electrons. The van der Waals surface area contributed by atoms with Crippen LogP contribution in [0, 0.1) is 25.7 Å². The van der Waals surface area contributed by atoms with Crippen LogP contribution >= 0.6 is 0 Å². The van der Waals surface area contributed by atoms with Gasteiger partial charge in [-0.2, -0.15) is 0 Å². The maximum atomic E-state index is 9.03. The van der Waals surface area contributed by atoms with Crippen molar-refractivity contribution in [2.75, 3.05) is 18.0 Å². The first-order valence-corrected chi connectivity index (χ1v) is 7.13. The van der Waals surface area contributed by atoms with Gasteiger partial charge in [0.2, 0.25) is 0 Å². The minimum atomic E-state index is 0.135. The van der Waals surface area contributed by atoms with Gasteiger partial charge in [0.25, 0.3) is 0 Å². The summed E-state index contributed by atoms with van der Waals surface area (Å²) < 4.78 is 0. The van der Waals surface area contributed by atoms with Gasteiger partial charge in [-0.3, -0.25) is 0 Å². The van der Waals surface area contributed by atoms with Gasteiger partial charge in [-0.25, -0.2) is 4.98 Å². The van der Waals surface area contributed by atoms with Crippen molar-refractivity contribution >= 4 is 11.7 Å². The summed E-state index contributed by atoms with van der Waals surface area (Å²) in [6, 6.07) is 1.97. The van der Waals surface area contributed by atoms with E-state index in [1.807, 2.05) is 19.9 Å². The lowest BCUT2D eigenvalue weighted by molar-refractivity contribution is 0.318. The van der Waals surface area contributed by atoms with E-state index < -0.39 is 0 Å². The van der Waals surface area contributed by atoms with Gasteiger partial charge >= 0.3 is 0 Å². The molecular formula is C15H24N4O. The first-order valence-electron chi connectivity index (χ1n) is 7.13. The Balaban J connectivity index is 2.49. The second-order valence-electron chi connectivity index (χ2n) is 6.12. The van der Waals surface area contributed by atoms with Gasteiger partial charge in [0, 0.05) is 18.8 Å². The minimum absolute atomic E-state index is 0.135. The number of pyridine rings is 1. The first kappa shape index (κ1) is 14.6. The largest absolute Gasteiger partial charge is 0.409 e. The Morgan fingerprint density at radius 2 is 1.95 bits per heavy atom. The van der Waals surface area contributed by atoms with Crippen LogP contribution in [-0.4, -0.2) is 29.1 Å². The van der Waals surface area contributed by atoms with Crippen LogP contribution in [0.1, 0.15) is 37.1 Å². The molecule has 0 aliphatic carbocycles. The molecule has 0 aromatic carbocycles. The zero-order valence-electron chi connectivity index (χ0n) is 12.7. The summed E-state index contributed by atoms with van der Waals surface area (Å²) in [7, 11) is 0. The van der Waals surface area contributed by atoms with Crippen LogP contribution in [0.3, 0.4) is 0 Å². The summed E-state index contributed by atoms with van der Waals surface area (Å²) in [5, 5.41) is 12.2. The second-order valence-corrected chi connectivity index (χ2v) is 6.12. The molecule has 5 heteroatoms. The molecule has 110 valence electrons. The van der Waals surface area contributed by atoms with Crippen LogP contribution in [0.25, 0.3) is 0 Å². The highest BCUT2D eigenvalue weighted by Crippen LogP contribution is 2.29. The van der Waals surface area contributed by atoms with Gasteiger partial charge in [0.1, 0.15) is 5.82 Å². The van der Waals surface area contributed by atoms with E-state index in [9.17, 15) is 0 Å². The molecule has 2 unspecified atom stereocenters. The fraction of sp³-hybridized carbons (Fsp3) is 0.600. The quantitative estimate of drug-likeness (QED) is 0.376. The van der Waals surface area contributed by atoms with Crippen LogP contribution in [0.2, 0.25) is 0 Å². The topological polar surface area (TPSA) is 74.7 Å². The molecule has 2 heterocycles. The van der Waals surface area contributed by atoms with Gasteiger partial charge in [-0.15, -0.1) is 0 Å². The molecule has 2 rings (SSSR count). The number of amidine groups is 1. The highest BCUT2D eigenvalue weighted by atomic mass is 16.4. The lowest BCUT2D eigenvalue weighted by Crippen LogP contribution is -2.40. The zero-order chi connectivity index (χ0) is 14.9. The minimum Gasteiger partial charge on any atom is -0.409 e. The molecule has 1 aromatic rings. The van der Waals surface area contributed by atoms with Crippen molar-refractivity contribution < 1.29 is 5.21 Å². The van der Waals surface area contributed by atoms with E-state index in [0.29, 0.717) is 11.8 Å². The highest BCUT2D eigenvalue weighted by Gasteiger charge is 2.26. The summed E-state index contributed by atoms with van der Waals surface area (Å²) in [6.07, 6.45) is 1.24. The molecule has 1 aliphatic heterocycles. The second kappa shape index (κ2) is 5.69. The molecule has 1 saturated heterocycles. The number of piperidine rings is 1. The smallest absolute Gasteiger partial charge is 0.174 e. The van der Waals surface area contributed by atoms with Crippen LogP contribution in [0.15, 0.2) is 11.2 Å². The Hall–Kier alpha value is -1.78. The monoisotopic (exact) mass is 276 g/mol. The predicted molar refractivity (Wildman–Crippen MR) is 81.4 cm³/mol. The Morgan fingerprint density at radius 3 is 2.50 bits per heavy atom. The zero-order valence-corrected chi connectivity index (χ0v) is 12.7. The van der Waals surface area contributed by atoms with Crippen molar-refractivity contribution in [3.63, 3.8) is 0 Å². The van der Waals surface area contributed by atoms with Gasteiger partial charge in [-0.05, 0) is 43.7 Å². The number of aryl methyl sites for hydroxylation is 2. The predicted octanol–water partition coefficient (Wildman–Crippen LogP) is 2.28. The van der Waals surface area contributed by atoms with Crippen LogP contribution in [0.5, 0.6) is 0 Å². The highest BCUT2D eigenvalue weighted by molar-refractivity contribution is 6.02. The van der Waals surface area contributed by atoms with Crippen LogP contribution in [0.4, 0.5) is 5.82 Å². The number of nitrogens with zero attached hydrogens (tertiary/aromatic N) is 3. The Bertz CT molecular complexity index is 517. The molecule has 0 saturated carbocycles. The van der Waals surface area contributed by atoms with Crippen molar-refractivity contribution in [3.8, 4) is 0 Å². The third kappa shape index (κ3) is 2.86.